The molecule has 0 saturated carbocycles. The number of ether oxygens (including phenoxy) is 1. The van der Waals surface area contributed by atoms with Gasteiger partial charge >= 0.3 is 0 Å². The molecule has 0 aliphatic rings. The van der Waals surface area contributed by atoms with Crippen LogP contribution in [0.5, 0.6) is 0 Å². The van der Waals surface area contributed by atoms with Gasteiger partial charge in [0, 0.05) is 13.2 Å². The molecular weight excluding hydrogens is 222 g/mol. The monoisotopic (exact) mass is 249 g/mol. The molecule has 0 aliphatic heterocycles. The molecule has 1 aromatic rings. The van der Waals surface area contributed by atoms with Gasteiger partial charge < -0.3 is 10.1 Å². The first kappa shape index (κ1) is 15.2. The molecule has 2 nitrogen and oxygen atoms in total. The molecule has 0 radical (unpaired) electrons. The van der Waals surface area contributed by atoms with Crippen molar-refractivity contribution in [2.24, 2.45) is 5.92 Å². The molecule has 0 bridgehead atoms. The molecule has 18 heavy (non-hydrogen) atoms. The van der Waals surface area contributed by atoms with Crippen molar-refractivity contribution >= 4 is 0 Å². The van der Waals surface area contributed by atoms with E-state index in [9.17, 15) is 0 Å². The first-order valence-corrected chi connectivity index (χ1v) is 7.04. The molecule has 1 aromatic carbocycles. The summed E-state index contributed by atoms with van der Waals surface area (Å²) in [6.45, 7) is 7.11. The van der Waals surface area contributed by atoms with E-state index >= 15 is 0 Å². The predicted octanol–water partition coefficient (Wildman–Crippen LogP) is 3.19. The number of nitrogens with one attached hydrogen (secondary N) is 1. The van der Waals surface area contributed by atoms with Crippen LogP contribution in [0.4, 0.5) is 0 Å². The molecule has 0 amide bonds. The van der Waals surface area contributed by atoms with Gasteiger partial charge in [0.05, 0.1) is 0 Å². The highest BCUT2D eigenvalue weighted by molar-refractivity contribution is 5.21. The van der Waals surface area contributed by atoms with Gasteiger partial charge in [-0.25, -0.2) is 0 Å². The van der Waals surface area contributed by atoms with Crippen molar-refractivity contribution in [2.75, 3.05) is 26.8 Å². The van der Waals surface area contributed by atoms with Crippen molar-refractivity contribution in [3.63, 3.8) is 0 Å². The summed E-state index contributed by atoms with van der Waals surface area (Å²) >= 11 is 0. The summed E-state index contributed by atoms with van der Waals surface area (Å²) < 4.78 is 5.59. The van der Waals surface area contributed by atoms with Crippen molar-refractivity contribution in [1.29, 1.82) is 0 Å². The molecule has 102 valence electrons. The Morgan fingerprint density at radius 2 is 1.89 bits per heavy atom. The lowest BCUT2D eigenvalue weighted by Crippen LogP contribution is -2.22. The lowest BCUT2D eigenvalue weighted by atomic mass is 9.96. The summed E-state index contributed by atoms with van der Waals surface area (Å²) in [5.74, 6) is 0.662. The third-order valence-corrected chi connectivity index (χ3v) is 3.16. The lowest BCUT2D eigenvalue weighted by Gasteiger charge is -2.16. The first-order chi connectivity index (χ1) is 8.76. The molecule has 1 unspecified atom stereocenters. The van der Waals surface area contributed by atoms with E-state index in [1.165, 1.54) is 11.1 Å². The molecule has 0 spiro atoms. The van der Waals surface area contributed by atoms with Gasteiger partial charge in [-0.3, -0.25) is 0 Å². The summed E-state index contributed by atoms with van der Waals surface area (Å²) in [6, 6.07) is 8.87. The summed E-state index contributed by atoms with van der Waals surface area (Å²) in [4.78, 5) is 0. The predicted molar refractivity (Wildman–Crippen MR) is 78.0 cm³/mol. The Kier molecular flexibility index (Phi) is 7.70. The number of aryl methyl sites for hydroxylation is 1. The van der Waals surface area contributed by atoms with Gasteiger partial charge in [0.2, 0.25) is 0 Å². The average Bonchev–Trinajstić information content (AvgIpc) is 2.37. The molecule has 0 fully saturated rings. The topological polar surface area (TPSA) is 21.3 Å². The SMILES string of the molecule is CCCOCCC(CNC)Cc1ccc(C)cc1. The van der Waals surface area contributed by atoms with E-state index in [4.69, 9.17) is 4.74 Å². The van der Waals surface area contributed by atoms with Crippen LogP contribution < -0.4 is 5.32 Å². The smallest absolute Gasteiger partial charge is 0.0469 e. The van der Waals surface area contributed by atoms with Gasteiger partial charge in [0.1, 0.15) is 0 Å². The second-order valence-corrected chi connectivity index (χ2v) is 5.01. The van der Waals surface area contributed by atoms with Gasteiger partial charge in [-0.05, 0) is 51.3 Å². The highest BCUT2D eigenvalue weighted by Crippen LogP contribution is 2.13. The largest absolute Gasteiger partial charge is 0.381 e. The maximum absolute atomic E-state index is 5.59. The minimum atomic E-state index is 0.662. The van der Waals surface area contributed by atoms with Crippen LogP contribution in [0, 0.1) is 12.8 Å². The minimum absolute atomic E-state index is 0.662. The Bertz CT molecular complexity index is 307. The van der Waals surface area contributed by atoms with E-state index in [1.54, 1.807) is 0 Å². The maximum atomic E-state index is 5.59. The van der Waals surface area contributed by atoms with Crippen LogP contribution in [-0.2, 0) is 11.2 Å². The molecule has 0 heterocycles. The maximum Gasteiger partial charge on any atom is 0.0469 e. The van der Waals surface area contributed by atoms with E-state index in [2.05, 4.69) is 43.4 Å². The number of benzene rings is 1. The van der Waals surface area contributed by atoms with Gasteiger partial charge in [-0.2, -0.15) is 0 Å². The highest BCUT2D eigenvalue weighted by atomic mass is 16.5. The Labute approximate surface area is 112 Å². The highest BCUT2D eigenvalue weighted by Gasteiger charge is 2.08. The second kappa shape index (κ2) is 9.12. The Morgan fingerprint density at radius 1 is 1.17 bits per heavy atom. The van der Waals surface area contributed by atoms with Crippen LogP contribution in [0.3, 0.4) is 0 Å². The fourth-order valence-electron chi connectivity index (χ4n) is 2.12. The fraction of sp³-hybridized carbons (Fsp3) is 0.625. The van der Waals surface area contributed by atoms with Crippen LogP contribution in [-0.4, -0.2) is 26.8 Å². The molecular formula is C16H27NO. The van der Waals surface area contributed by atoms with E-state index in [-0.39, 0.29) is 0 Å². The number of hydrogen-bond donors (Lipinski definition) is 1. The van der Waals surface area contributed by atoms with Gasteiger partial charge in [0.15, 0.2) is 0 Å². The van der Waals surface area contributed by atoms with Crippen LogP contribution in [0.2, 0.25) is 0 Å². The molecule has 1 N–H and O–H groups in total. The van der Waals surface area contributed by atoms with Crippen LogP contribution in [0.1, 0.15) is 30.9 Å². The van der Waals surface area contributed by atoms with Crippen molar-refractivity contribution in [2.45, 2.75) is 33.1 Å². The van der Waals surface area contributed by atoms with Gasteiger partial charge in [-0.1, -0.05) is 36.8 Å². The first-order valence-electron chi connectivity index (χ1n) is 7.04. The summed E-state index contributed by atoms with van der Waals surface area (Å²) in [6.07, 6.45) is 3.37. The lowest BCUT2D eigenvalue weighted by molar-refractivity contribution is 0.120. The Balaban J connectivity index is 2.38. The van der Waals surface area contributed by atoms with Crippen molar-refractivity contribution in [1.82, 2.24) is 5.32 Å². The van der Waals surface area contributed by atoms with E-state index in [0.717, 1.165) is 39.0 Å². The van der Waals surface area contributed by atoms with Gasteiger partial charge in [0.25, 0.3) is 0 Å². The normalized spacial score (nSPS) is 12.6. The third kappa shape index (κ3) is 6.18. The Morgan fingerprint density at radius 3 is 2.50 bits per heavy atom. The quantitative estimate of drug-likeness (QED) is 0.679. The molecule has 2 heteroatoms. The zero-order valence-corrected chi connectivity index (χ0v) is 12.0. The van der Waals surface area contributed by atoms with Crippen molar-refractivity contribution < 1.29 is 4.74 Å². The molecule has 0 aromatic heterocycles. The average molecular weight is 249 g/mol. The number of rotatable bonds is 9. The van der Waals surface area contributed by atoms with Crippen LogP contribution >= 0.6 is 0 Å². The summed E-state index contributed by atoms with van der Waals surface area (Å²) in [7, 11) is 2.02. The summed E-state index contributed by atoms with van der Waals surface area (Å²) in [5, 5.41) is 3.28. The summed E-state index contributed by atoms with van der Waals surface area (Å²) in [5.41, 5.74) is 2.76. The van der Waals surface area contributed by atoms with Crippen molar-refractivity contribution in [3.8, 4) is 0 Å². The fourth-order valence-corrected chi connectivity index (χ4v) is 2.12. The second-order valence-electron chi connectivity index (χ2n) is 5.01. The van der Waals surface area contributed by atoms with Crippen molar-refractivity contribution in [3.05, 3.63) is 35.4 Å². The third-order valence-electron chi connectivity index (χ3n) is 3.16. The van der Waals surface area contributed by atoms with Gasteiger partial charge in [-0.15, -0.1) is 0 Å². The minimum Gasteiger partial charge on any atom is -0.381 e. The molecule has 1 atom stereocenters. The number of hydrogen-bond acceptors (Lipinski definition) is 2. The van der Waals surface area contributed by atoms with Crippen LogP contribution in [0.15, 0.2) is 24.3 Å². The zero-order valence-electron chi connectivity index (χ0n) is 12.0. The molecule has 1 rings (SSSR count). The standard InChI is InChI=1S/C16H27NO/c1-4-10-18-11-9-16(13-17-3)12-15-7-5-14(2)6-8-15/h5-8,16-17H,4,9-13H2,1-3H3. The Hall–Kier alpha value is -0.860. The zero-order chi connectivity index (χ0) is 13.2. The van der Waals surface area contributed by atoms with Crippen LogP contribution in [0.25, 0.3) is 0 Å². The molecule has 0 saturated heterocycles. The van der Waals surface area contributed by atoms with E-state index in [1.807, 2.05) is 7.05 Å². The van der Waals surface area contributed by atoms with E-state index < -0.39 is 0 Å². The molecule has 0 aliphatic carbocycles. The van der Waals surface area contributed by atoms with E-state index in [0.29, 0.717) is 5.92 Å².